The van der Waals surface area contributed by atoms with Gasteiger partial charge in [0.2, 0.25) is 0 Å². The number of methoxy groups -OCH3 is 2. The molecule has 0 saturated carbocycles. The van der Waals surface area contributed by atoms with Crippen LogP contribution in [0.5, 0.6) is 11.5 Å². The summed E-state index contributed by atoms with van der Waals surface area (Å²) in [5.74, 6) is 1.42. The van der Waals surface area contributed by atoms with Crippen molar-refractivity contribution in [3.05, 3.63) is 23.8 Å². The molecule has 0 bridgehead atoms. The first-order valence-corrected chi connectivity index (χ1v) is 5.99. The predicted molar refractivity (Wildman–Crippen MR) is 70.2 cm³/mol. The first kappa shape index (κ1) is 13.8. The summed E-state index contributed by atoms with van der Waals surface area (Å²) < 4.78 is 10.4. The van der Waals surface area contributed by atoms with Crippen molar-refractivity contribution >= 4 is 20.7 Å². The van der Waals surface area contributed by atoms with Gasteiger partial charge < -0.3 is 14.4 Å². The largest absolute Gasteiger partial charge is 0.493 e. The molecule has 1 rings (SSSR count). The van der Waals surface area contributed by atoms with Gasteiger partial charge >= 0.3 is 0 Å². The maximum absolute atomic E-state index is 11.0. The van der Waals surface area contributed by atoms with Gasteiger partial charge in [0.05, 0.1) is 14.2 Å². The molecule has 0 saturated heterocycles. The van der Waals surface area contributed by atoms with Crippen LogP contribution in [-0.4, -0.2) is 37.5 Å². The van der Waals surface area contributed by atoms with E-state index in [1.54, 1.807) is 26.2 Å². The minimum absolute atomic E-state index is 0.113. The number of nitrogens with zero attached hydrogens (tertiary/aromatic N) is 1. The van der Waals surface area contributed by atoms with E-state index in [1.807, 2.05) is 18.2 Å². The number of rotatable bonds is 5. The Hall–Kier alpha value is -1.23. The third kappa shape index (κ3) is 3.93. The summed E-state index contributed by atoms with van der Waals surface area (Å²) in [5, 5.41) is 0. The summed E-state index contributed by atoms with van der Waals surface area (Å²) in [5.41, 5.74) is 1.10. The fraction of sp³-hybridized carbons (Fsp3) is 0.417. The minimum Gasteiger partial charge on any atom is -0.493 e. The highest BCUT2D eigenvalue weighted by atomic mass is 79.9. The molecule has 0 aromatic heterocycles. The molecule has 1 amide bonds. The number of benzene rings is 1. The van der Waals surface area contributed by atoms with Crippen molar-refractivity contribution in [1.82, 2.24) is 4.90 Å². The molecule has 17 heavy (non-hydrogen) atoms. The normalized spacial score (nSPS) is 9.88. The lowest BCUT2D eigenvalue weighted by Gasteiger charge is -2.14. The Kier molecular flexibility index (Phi) is 5.28. The van der Waals surface area contributed by atoms with Crippen molar-refractivity contribution in [2.75, 3.05) is 27.8 Å². The van der Waals surface area contributed by atoms with Gasteiger partial charge in [0.25, 0.3) is 4.82 Å². The number of ether oxygens (including phenoxy) is 2. The van der Waals surface area contributed by atoms with Crippen molar-refractivity contribution < 1.29 is 14.3 Å². The monoisotopic (exact) mass is 301 g/mol. The van der Waals surface area contributed by atoms with E-state index in [4.69, 9.17) is 9.47 Å². The topological polar surface area (TPSA) is 38.8 Å². The van der Waals surface area contributed by atoms with Gasteiger partial charge in [0.1, 0.15) is 0 Å². The SMILES string of the molecule is COc1ccc(CCN(C)C(=O)Br)cc1OC. The fourth-order valence-corrected chi connectivity index (χ4v) is 1.60. The maximum Gasteiger partial charge on any atom is 0.289 e. The van der Waals surface area contributed by atoms with Crippen molar-refractivity contribution in [1.29, 1.82) is 0 Å². The van der Waals surface area contributed by atoms with Crippen LogP contribution in [-0.2, 0) is 6.42 Å². The number of amides is 1. The second kappa shape index (κ2) is 6.49. The van der Waals surface area contributed by atoms with Crippen LogP contribution in [0.4, 0.5) is 4.79 Å². The van der Waals surface area contributed by atoms with Crippen molar-refractivity contribution in [2.24, 2.45) is 0 Å². The Morgan fingerprint density at radius 3 is 2.47 bits per heavy atom. The Morgan fingerprint density at radius 1 is 1.29 bits per heavy atom. The van der Waals surface area contributed by atoms with E-state index < -0.39 is 0 Å². The Morgan fingerprint density at radius 2 is 1.94 bits per heavy atom. The first-order chi connectivity index (χ1) is 8.08. The molecule has 1 aromatic carbocycles. The van der Waals surface area contributed by atoms with Crippen molar-refractivity contribution in [2.45, 2.75) is 6.42 Å². The molecule has 0 aliphatic carbocycles. The summed E-state index contributed by atoms with van der Waals surface area (Å²) in [6.45, 7) is 0.652. The predicted octanol–water partition coefficient (Wildman–Crippen LogP) is 2.69. The van der Waals surface area contributed by atoms with E-state index in [9.17, 15) is 4.79 Å². The Bertz CT molecular complexity index is 395. The molecule has 94 valence electrons. The van der Waals surface area contributed by atoms with E-state index in [1.165, 1.54) is 0 Å². The van der Waals surface area contributed by atoms with Gasteiger partial charge in [-0.05, 0) is 24.1 Å². The average Bonchev–Trinajstić information content (AvgIpc) is 2.35. The Balaban J connectivity index is 2.69. The van der Waals surface area contributed by atoms with Crippen LogP contribution >= 0.6 is 15.9 Å². The summed E-state index contributed by atoms with van der Waals surface area (Å²) in [6.07, 6.45) is 0.772. The van der Waals surface area contributed by atoms with E-state index in [2.05, 4.69) is 15.9 Å². The van der Waals surface area contributed by atoms with E-state index >= 15 is 0 Å². The highest BCUT2D eigenvalue weighted by Crippen LogP contribution is 2.27. The molecule has 0 aliphatic heterocycles. The minimum atomic E-state index is -0.113. The summed E-state index contributed by atoms with van der Waals surface area (Å²) in [4.78, 5) is 12.5. The smallest absolute Gasteiger partial charge is 0.289 e. The van der Waals surface area contributed by atoms with E-state index in [0.29, 0.717) is 18.0 Å². The molecule has 0 N–H and O–H groups in total. The highest BCUT2D eigenvalue weighted by molar-refractivity contribution is 9.18. The Labute approximate surface area is 110 Å². The maximum atomic E-state index is 11.0. The van der Waals surface area contributed by atoms with E-state index in [-0.39, 0.29) is 4.82 Å². The fourth-order valence-electron chi connectivity index (χ4n) is 1.42. The molecule has 0 atom stereocenters. The molecule has 0 radical (unpaired) electrons. The lowest BCUT2D eigenvalue weighted by Crippen LogP contribution is -2.23. The zero-order valence-corrected chi connectivity index (χ0v) is 11.8. The lowest BCUT2D eigenvalue weighted by molar-refractivity contribution is 0.235. The van der Waals surface area contributed by atoms with Crippen molar-refractivity contribution in [3.8, 4) is 11.5 Å². The quantitative estimate of drug-likeness (QED) is 0.620. The number of carbonyl (C=O) groups excluding carboxylic acids is 1. The van der Waals surface area contributed by atoms with Crippen LogP contribution in [0.15, 0.2) is 18.2 Å². The second-order valence-corrected chi connectivity index (χ2v) is 4.29. The molecule has 4 nitrogen and oxygen atoms in total. The van der Waals surface area contributed by atoms with Gasteiger partial charge in [0, 0.05) is 29.5 Å². The third-order valence-electron chi connectivity index (χ3n) is 2.48. The average molecular weight is 302 g/mol. The molecular formula is C12H16BrNO3. The van der Waals surface area contributed by atoms with E-state index in [0.717, 1.165) is 12.0 Å². The molecule has 0 heterocycles. The molecule has 0 fully saturated rings. The molecule has 0 spiro atoms. The van der Waals surface area contributed by atoms with Crippen LogP contribution in [0.25, 0.3) is 0 Å². The highest BCUT2D eigenvalue weighted by Gasteiger charge is 2.07. The number of halogens is 1. The van der Waals surface area contributed by atoms with Crippen molar-refractivity contribution in [3.63, 3.8) is 0 Å². The lowest BCUT2D eigenvalue weighted by atomic mass is 10.1. The van der Waals surface area contributed by atoms with Gasteiger partial charge in [-0.2, -0.15) is 0 Å². The number of likely N-dealkylation sites (N-methyl/N-ethyl adjacent to an activating group) is 1. The van der Waals surface area contributed by atoms with Crippen LogP contribution in [0.2, 0.25) is 0 Å². The van der Waals surface area contributed by atoms with Crippen LogP contribution in [0.1, 0.15) is 5.56 Å². The number of hydrogen-bond donors (Lipinski definition) is 0. The van der Waals surface area contributed by atoms with Crippen LogP contribution < -0.4 is 9.47 Å². The molecule has 1 aromatic rings. The van der Waals surface area contributed by atoms with Gasteiger partial charge in [-0.3, -0.25) is 4.79 Å². The van der Waals surface area contributed by atoms with Gasteiger partial charge in [-0.1, -0.05) is 6.07 Å². The molecule has 0 aliphatic rings. The summed E-state index contributed by atoms with van der Waals surface area (Å²) in [6, 6.07) is 5.75. The van der Waals surface area contributed by atoms with Crippen LogP contribution in [0.3, 0.4) is 0 Å². The zero-order chi connectivity index (χ0) is 12.8. The molecule has 0 unspecified atom stereocenters. The molecular weight excluding hydrogens is 286 g/mol. The first-order valence-electron chi connectivity index (χ1n) is 5.20. The van der Waals surface area contributed by atoms with Crippen LogP contribution in [0, 0.1) is 0 Å². The number of hydrogen-bond acceptors (Lipinski definition) is 3. The summed E-state index contributed by atoms with van der Waals surface area (Å²) >= 11 is 2.91. The van der Waals surface area contributed by atoms with Gasteiger partial charge in [0.15, 0.2) is 11.5 Å². The zero-order valence-electron chi connectivity index (χ0n) is 10.2. The van der Waals surface area contributed by atoms with Gasteiger partial charge in [-0.15, -0.1) is 0 Å². The third-order valence-corrected chi connectivity index (χ3v) is 3.09. The summed E-state index contributed by atoms with van der Waals surface area (Å²) in [7, 11) is 4.96. The standard InChI is InChI=1S/C12H16BrNO3/c1-14(12(13)15)7-6-9-4-5-10(16-2)11(8-9)17-3/h4-5,8H,6-7H2,1-3H3. The second-order valence-electron chi connectivity index (χ2n) is 3.61. The van der Waals surface area contributed by atoms with Gasteiger partial charge in [-0.25, -0.2) is 0 Å². The number of carbonyl (C=O) groups is 1. The molecule has 5 heteroatoms.